The summed E-state index contributed by atoms with van der Waals surface area (Å²) in [7, 11) is 1.44. The third-order valence-corrected chi connectivity index (χ3v) is 2.79. The Labute approximate surface area is 115 Å². The number of carbonyl (C=O) groups is 1. The first kappa shape index (κ1) is 13.9. The Balaban J connectivity index is 2.25. The van der Waals surface area contributed by atoms with Gasteiger partial charge in [-0.3, -0.25) is 4.79 Å². The fourth-order valence-electron chi connectivity index (χ4n) is 1.79. The van der Waals surface area contributed by atoms with E-state index in [2.05, 4.69) is 0 Å². The van der Waals surface area contributed by atoms with Gasteiger partial charge in [-0.25, -0.2) is 4.39 Å². The zero-order valence-electron chi connectivity index (χ0n) is 10.9. The predicted molar refractivity (Wildman–Crippen MR) is 73.5 cm³/mol. The average molecular weight is 275 g/mol. The van der Waals surface area contributed by atoms with E-state index in [-0.39, 0.29) is 18.1 Å². The second-order valence-corrected chi connectivity index (χ2v) is 4.14. The third-order valence-electron chi connectivity index (χ3n) is 2.79. The van der Waals surface area contributed by atoms with Gasteiger partial charge in [0.05, 0.1) is 12.8 Å². The van der Waals surface area contributed by atoms with Crippen LogP contribution in [-0.2, 0) is 6.61 Å². The molecule has 0 radical (unpaired) electrons. The van der Waals surface area contributed by atoms with Crippen LogP contribution in [0.1, 0.15) is 15.9 Å². The standard InChI is InChI=1S/C15H14FNO3/c1-19-14-7-10(8-18)6-13(17)15(14)20-9-11-4-2-3-5-12(11)16/h2-8H,9,17H2,1H3. The van der Waals surface area contributed by atoms with Gasteiger partial charge in [-0.15, -0.1) is 0 Å². The molecule has 2 rings (SSSR count). The number of methoxy groups -OCH3 is 1. The highest BCUT2D eigenvalue weighted by molar-refractivity contribution is 5.80. The van der Waals surface area contributed by atoms with Crippen LogP contribution in [0, 0.1) is 5.82 Å². The van der Waals surface area contributed by atoms with Gasteiger partial charge in [-0.2, -0.15) is 0 Å². The normalized spacial score (nSPS) is 10.1. The molecule has 0 atom stereocenters. The first-order valence-corrected chi connectivity index (χ1v) is 5.94. The van der Waals surface area contributed by atoms with Crippen LogP contribution >= 0.6 is 0 Å². The molecular formula is C15H14FNO3. The van der Waals surface area contributed by atoms with Crippen LogP contribution in [-0.4, -0.2) is 13.4 Å². The van der Waals surface area contributed by atoms with E-state index < -0.39 is 0 Å². The lowest BCUT2D eigenvalue weighted by Crippen LogP contribution is -2.03. The number of hydrogen-bond acceptors (Lipinski definition) is 4. The molecule has 0 unspecified atom stereocenters. The lowest BCUT2D eigenvalue weighted by Gasteiger charge is -2.14. The summed E-state index contributed by atoms with van der Waals surface area (Å²) >= 11 is 0. The third kappa shape index (κ3) is 2.88. The van der Waals surface area contributed by atoms with Crippen molar-refractivity contribution in [2.45, 2.75) is 6.61 Å². The molecule has 2 aromatic rings. The van der Waals surface area contributed by atoms with Crippen molar-refractivity contribution in [3.8, 4) is 11.5 Å². The minimum Gasteiger partial charge on any atom is -0.493 e. The zero-order chi connectivity index (χ0) is 14.5. The first-order valence-electron chi connectivity index (χ1n) is 5.94. The Morgan fingerprint density at radius 2 is 2.05 bits per heavy atom. The molecule has 0 heterocycles. The van der Waals surface area contributed by atoms with E-state index in [0.717, 1.165) is 0 Å². The molecule has 2 N–H and O–H groups in total. The van der Waals surface area contributed by atoms with Crippen molar-refractivity contribution in [3.05, 3.63) is 53.3 Å². The molecule has 0 spiro atoms. The maximum Gasteiger partial charge on any atom is 0.184 e. The highest BCUT2D eigenvalue weighted by atomic mass is 19.1. The van der Waals surface area contributed by atoms with Crippen LogP contribution < -0.4 is 15.2 Å². The van der Waals surface area contributed by atoms with E-state index in [4.69, 9.17) is 15.2 Å². The molecule has 4 nitrogen and oxygen atoms in total. The van der Waals surface area contributed by atoms with Crippen LogP contribution in [0.15, 0.2) is 36.4 Å². The van der Waals surface area contributed by atoms with Gasteiger partial charge in [-0.1, -0.05) is 18.2 Å². The number of hydrogen-bond donors (Lipinski definition) is 1. The van der Waals surface area contributed by atoms with Gasteiger partial charge >= 0.3 is 0 Å². The van der Waals surface area contributed by atoms with E-state index in [1.807, 2.05) is 0 Å². The summed E-state index contributed by atoms with van der Waals surface area (Å²) in [6.07, 6.45) is 0.666. The van der Waals surface area contributed by atoms with E-state index in [0.29, 0.717) is 28.9 Å². The monoisotopic (exact) mass is 275 g/mol. The van der Waals surface area contributed by atoms with Crippen molar-refractivity contribution in [2.24, 2.45) is 0 Å². The summed E-state index contributed by atoms with van der Waals surface area (Å²) in [6.45, 7) is 0.0215. The van der Waals surface area contributed by atoms with Crippen LogP contribution in [0.3, 0.4) is 0 Å². The fraction of sp³-hybridized carbons (Fsp3) is 0.133. The Morgan fingerprint density at radius 1 is 1.30 bits per heavy atom. The lowest BCUT2D eigenvalue weighted by molar-refractivity contribution is 0.112. The molecule has 0 bridgehead atoms. The Morgan fingerprint density at radius 3 is 2.70 bits per heavy atom. The topological polar surface area (TPSA) is 61.5 Å². The van der Waals surface area contributed by atoms with Crippen molar-refractivity contribution in [1.82, 2.24) is 0 Å². The van der Waals surface area contributed by atoms with E-state index in [1.165, 1.54) is 25.3 Å². The van der Waals surface area contributed by atoms with Crippen molar-refractivity contribution < 1.29 is 18.7 Å². The van der Waals surface area contributed by atoms with Gasteiger partial charge in [0.15, 0.2) is 11.5 Å². The van der Waals surface area contributed by atoms with Gasteiger partial charge in [0.1, 0.15) is 18.7 Å². The zero-order valence-corrected chi connectivity index (χ0v) is 10.9. The SMILES string of the molecule is COc1cc(C=O)cc(N)c1OCc1ccccc1F. The van der Waals surface area contributed by atoms with E-state index >= 15 is 0 Å². The van der Waals surface area contributed by atoms with Gasteiger partial charge in [0.25, 0.3) is 0 Å². The molecule has 0 aliphatic rings. The number of nitrogens with two attached hydrogens (primary N) is 1. The Hall–Kier alpha value is -2.56. The van der Waals surface area contributed by atoms with E-state index in [1.54, 1.807) is 18.2 Å². The smallest absolute Gasteiger partial charge is 0.184 e. The van der Waals surface area contributed by atoms with Crippen LogP contribution in [0.5, 0.6) is 11.5 Å². The first-order chi connectivity index (χ1) is 9.65. The molecule has 0 saturated carbocycles. The summed E-state index contributed by atoms with van der Waals surface area (Å²) in [5.74, 6) is 0.277. The number of aldehydes is 1. The minimum atomic E-state index is -0.352. The second-order valence-electron chi connectivity index (χ2n) is 4.14. The van der Waals surface area contributed by atoms with Crippen molar-refractivity contribution >= 4 is 12.0 Å². The molecular weight excluding hydrogens is 261 g/mol. The molecule has 5 heteroatoms. The second kappa shape index (κ2) is 6.06. The molecule has 20 heavy (non-hydrogen) atoms. The number of benzene rings is 2. The lowest BCUT2D eigenvalue weighted by atomic mass is 10.2. The number of rotatable bonds is 5. The van der Waals surface area contributed by atoms with Gasteiger partial charge < -0.3 is 15.2 Å². The summed E-state index contributed by atoms with van der Waals surface area (Å²) in [5.41, 5.74) is 6.88. The quantitative estimate of drug-likeness (QED) is 0.673. The summed E-state index contributed by atoms with van der Waals surface area (Å²) in [4.78, 5) is 10.8. The molecule has 0 aromatic heterocycles. The molecule has 0 amide bonds. The summed E-state index contributed by atoms with van der Waals surface area (Å²) < 4.78 is 24.2. The van der Waals surface area contributed by atoms with Gasteiger partial charge in [0, 0.05) is 11.1 Å². The average Bonchev–Trinajstić information content (AvgIpc) is 2.46. The van der Waals surface area contributed by atoms with Crippen molar-refractivity contribution in [2.75, 3.05) is 12.8 Å². The minimum absolute atomic E-state index is 0.0215. The van der Waals surface area contributed by atoms with Crippen LogP contribution in [0.25, 0.3) is 0 Å². The highest BCUT2D eigenvalue weighted by Crippen LogP contribution is 2.35. The molecule has 0 fully saturated rings. The maximum atomic E-state index is 13.5. The van der Waals surface area contributed by atoms with Gasteiger partial charge in [0.2, 0.25) is 0 Å². The Bertz CT molecular complexity index is 629. The fourth-order valence-corrected chi connectivity index (χ4v) is 1.79. The van der Waals surface area contributed by atoms with Crippen molar-refractivity contribution in [1.29, 1.82) is 0 Å². The van der Waals surface area contributed by atoms with Crippen LogP contribution in [0.2, 0.25) is 0 Å². The molecule has 104 valence electrons. The molecule has 2 aromatic carbocycles. The van der Waals surface area contributed by atoms with Crippen LogP contribution in [0.4, 0.5) is 10.1 Å². The largest absolute Gasteiger partial charge is 0.493 e. The number of carbonyl (C=O) groups excluding carboxylic acids is 1. The number of ether oxygens (including phenoxy) is 2. The summed E-state index contributed by atoms with van der Waals surface area (Å²) in [6, 6.07) is 9.29. The molecule has 0 aliphatic carbocycles. The molecule has 0 aliphatic heterocycles. The number of halogens is 1. The predicted octanol–water partition coefficient (Wildman–Crippen LogP) is 2.81. The highest BCUT2D eigenvalue weighted by Gasteiger charge is 2.12. The number of anilines is 1. The number of nitrogen functional groups attached to an aromatic ring is 1. The summed E-state index contributed by atoms with van der Waals surface area (Å²) in [5, 5.41) is 0. The molecule has 0 saturated heterocycles. The van der Waals surface area contributed by atoms with Gasteiger partial charge in [-0.05, 0) is 18.2 Å². The Kier molecular flexibility index (Phi) is 4.20. The maximum absolute atomic E-state index is 13.5. The van der Waals surface area contributed by atoms with Crippen molar-refractivity contribution in [3.63, 3.8) is 0 Å². The van der Waals surface area contributed by atoms with E-state index in [9.17, 15) is 9.18 Å².